The highest BCUT2D eigenvalue weighted by molar-refractivity contribution is 6.00. The zero-order chi connectivity index (χ0) is 15.1. The van der Waals surface area contributed by atoms with E-state index in [1.54, 1.807) is 12.1 Å². The number of fused-ring (bicyclic) bond motifs is 1. The number of benzene rings is 1. The van der Waals surface area contributed by atoms with Crippen LogP contribution in [0.3, 0.4) is 0 Å². The zero-order valence-electron chi connectivity index (χ0n) is 11.5. The number of nitrogens with one attached hydrogen (secondary N) is 1. The summed E-state index contributed by atoms with van der Waals surface area (Å²) in [5, 5.41) is 9.48. The van der Waals surface area contributed by atoms with Crippen LogP contribution in [0.25, 0.3) is 10.9 Å². The number of carboxylic acids is 1. The molecule has 1 heterocycles. The van der Waals surface area contributed by atoms with Gasteiger partial charge in [-0.25, -0.2) is 9.18 Å². The molecule has 3 rings (SSSR count). The molecule has 5 nitrogen and oxygen atoms in total. The van der Waals surface area contributed by atoms with Crippen molar-refractivity contribution in [2.24, 2.45) is 0 Å². The summed E-state index contributed by atoms with van der Waals surface area (Å²) in [4.78, 5) is 28.0. The lowest BCUT2D eigenvalue weighted by Gasteiger charge is -2.25. The van der Waals surface area contributed by atoms with Gasteiger partial charge in [0.15, 0.2) is 0 Å². The van der Waals surface area contributed by atoms with Gasteiger partial charge in [0, 0.05) is 16.9 Å². The number of nitrogens with zero attached hydrogens (tertiary/aromatic N) is 1. The summed E-state index contributed by atoms with van der Waals surface area (Å²) in [6.07, 6.45) is 1.61. The molecule has 1 saturated carbocycles. The van der Waals surface area contributed by atoms with Gasteiger partial charge >= 0.3 is 5.97 Å². The fraction of sp³-hybridized carbons (Fsp3) is 0.333. The quantitative estimate of drug-likeness (QED) is 0.908. The molecule has 110 valence electrons. The van der Waals surface area contributed by atoms with Gasteiger partial charge in [-0.3, -0.25) is 4.79 Å². The third-order valence-corrected chi connectivity index (χ3v) is 3.79. The second-order valence-electron chi connectivity index (χ2n) is 5.34. The van der Waals surface area contributed by atoms with Crippen LogP contribution >= 0.6 is 0 Å². The van der Waals surface area contributed by atoms with E-state index < -0.39 is 23.7 Å². The number of aromatic amines is 1. The highest BCUT2D eigenvalue weighted by atomic mass is 19.1. The van der Waals surface area contributed by atoms with Crippen molar-refractivity contribution < 1.29 is 19.1 Å². The number of amides is 1. The van der Waals surface area contributed by atoms with E-state index in [-0.39, 0.29) is 11.7 Å². The van der Waals surface area contributed by atoms with Crippen molar-refractivity contribution in [3.8, 4) is 0 Å². The number of carbonyl (C=O) groups excluding carboxylic acids is 1. The van der Waals surface area contributed by atoms with Crippen LogP contribution in [0.15, 0.2) is 24.3 Å². The standard InChI is InChI=1S/C15H15FN2O3/c1-8(15(20)21)18(9-5-6-9)14(19)13-7-10-11(16)3-2-4-12(10)17-13/h2-4,7-9,17H,5-6H2,1H3,(H,20,21). The summed E-state index contributed by atoms with van der Waals surface area (Å²) < 4.78 is 13.7. The van der Waals surface area contributed by atoms with Crippen molar-refractivity contribution in [1.29, 1.82) is 0 Å². The molecule has 0 aliphatic heterocycles. The Morgan fingerprint density at radius 3 is 2.71 bits per heavy atom. The normalized spacial score (nSPS) is 15.9. The monoisotopic (exact) mass is 290 g/mol. The fourth-order valence-corrected chi connectivity index (χ4v) is 2.50. The Labute approximate surface area is 120 Å². The van der Waals surface area contributed by atoms with Crippen LogP contribution in [0, 0.1) is 5.82 Å². The molecule has 6 heteroatoms. The van der Waals surface area contributed by atoms with Crippen LogP contribution in [-0.4, -0.2) is 39.0 Å². The maximum absolute atomic E-state index is 13.7. The second-order valence-corrected chi connectivity index (χ2v) is 5.34. The summed E-state index contributed by atoms with van der Waals surface area (Å²) in [5.74, 6) is -1.85. The molecule has 1 aromatic heterocycles. The summed E-state index contributed by atoms with van der Waals surface area (Å²) in [6.45, 7) is 1.49. The maximum atomic E-state index is 13.7. The first kappa shape index (κ1) is 13.6. The molecule has 1 aliphatic carbocycles. The third kappa shape index (κ3) is 2.37. The molecule has 2 N–H and O–H groups in total. The largest absolute Gasteiger partial charge is 0.480 e. The number of aromatic nitrogens is 1. The Bertz CT molecular complexity index is 721. The average molecular weight is 290 g/mol. The lowest BCUT2D eigenvalue weighted by molar-refractivity contribution is -0.141. The number of aliphatic carboxylic acids is 1. The van der Waals surface area contributed by atoms with Crippen LogP contribution in [0.5, 0.6) is 0 Å². The molecule has 1 atom stereocenters. The van der Waals surface area contributed by atoms with Crippen LogP contribution in [-0.2, 0) is 4.79 Å². The lowest BCUT2D eigenvalue weighted by atomic mass is 10.2. The Hall–Kier alpha value is -2.37. The maximum Gasteiger partial charge on any atom is 0.326 e. The Balaban J connectivity index is 1.98. The number of carboxylic acid groups (broad SMARTS) is 1. The summed E-state index contributed by atoms with van der Waals surface area (Å²) in [6, 6.07) is 5.05. The molecule has 0 bridgehead atoms. The van der Waals surface area contributed by atoms with Crippen molar-refractivity contribution in [2.75, 3.05) is 0 Å². The third-order valence-electron chi connectivity index (χ3n) is 3.79. The number of carbonyl (C=O) groups is 2. The molecule has 0 radical (unpaired) electrons. The van der Waals surface area contributed by atoms with Gasteiger partial charge in [-0.15, -0.1) is 0 Å². The number of halogens is 1. The SMILES string of the molecule is CC(C(=O)O)N(C(=O)c1cc2c(F)cccc2[nH]1)C1CC1. The van der Waals surface area contributed by atoms with Crippen molar-refractivity contribution >= 4 is 22.8 Å². The second kappa shape index (κ2) is 4.87. The van der Waals surface area contributed by atoms with E-state index in [0.717, 1.165) is 12.8 Å². The lowest BCUT2D eigenvalue weighted by Crippen LogP contribution is -2.44. The van der Waals surface area contributed by atoms with Crippen LogP contribution in [0.2, 0.25) is 0 Å². The predicted molar refractivity (Wildman–Crippen MR) is 74.5 cm³/mol. The van der Waals surface area contributed by atoms with Crippen LogP contribution in [0.4, 0.5) is 4.39 Å². The molecule has 1 aromatic carbocycles. The molecular formula is C15H15FN2O3. The smallest absolute Gasteiger partial charge is 0.326 e. The number of rotatable bonds is 4. The highest BCUT2D eigenvalue weighted by Crippen LogP contribution is 2.31. The number of H-pyrrole nitrogens is 1. The summed E-state index contributed by atoms with van der Waals surface area (Å²) >= 11 is 0. The van der Waals surface area contributed by atoms with E-state index in [4.69, 9.17) is 5.11 Å². The fourth-order valence-electron chi connectivity index (χ4n) is 2.50. The van der Waals surface area contributed by atoms with Gasteiger partial charge in [-0.2, -0.15) is 0 Å². The zero-order valence-corrected chi connectivity index (χ0v) is 11.5. The van der Waals surface area contributed by atoms with Crippen molar-refractivity contribution in [2.45, 2.75) is 31.8 Å². The first-order valence-electron chi connectivity index (χ1n) is 6.81. The van der Waals surface area contributed by atoms with Gasteiger partial charge in [-0.1, -0.05) is 6.07 Å². The number of hydrogen-bond acceptors (Lipinski definition) is 2. The summed E-state index contributed by atoms with van der Waals surface area (Å²) in [7, 11) is 0. The molecule has 1 fully saturated rings. The minimum Gasteiger partial charge on any atom is -0.480 e. The molecule has 1 unspecified atom stereocenters. The average Bonchev–Trinajstić information content (AvgIpc) is 3.16. The highest BCUT2D eigenvalue weighted by Gasteiger charge is 2.39. The van der Waals surface area contributed by atoms with E-state index in [2.05, 4.69) is 4.98 Å². The van der Waals surface area contributed by atoms with Gasteiger partial charge in [-0.05, 0) is 38.0 Å². The van der Waals surface area contributed by atoms with E-state index in [1.165, 1.54) is 24.0 Å². The minimum absolute atomic E-state index is 0.0418. The summed E-state index contributed by atoms with van der Waals surface area (Å²) in [5.41, 5.74) is 0.743. The predicted octanol–water partition coefficient (Wildman–Crippen LogP) is 2.38. The topological polar surface area (TPSA) is 73.4 Å². The van der Waals surface area contributed by atoms with Gasteiger partial charge in [0.2, 0.25) is 0 Å². The van der Waals surface area contributed by atoms with Gasteiger partial charge in [0.05, 0.1) is 0 Å². The molecule has 1 amide bonds. The van der Waals surface area contributed by atoms with Crippen LogP contribution < -0.4 is 0 Å². The van der Waals surface area contributed by atoms with E-state index in [0.29, 0.717) is 10.9 Å². The van der Waals surface area contributed by atoms with Crippen molar-refractivity contribution in [3.05, 3.63) is 35.8 Å². The molecule has 1 aliphatic rings. The van der Waals surface area contributed by atoms with Crippen molar-refractivity contribution in [1.82, 2.24) is 9.88 Å². The molecule has 21 heavy (non-hydrogen) atoms. The van der Waals surface area contributed by atoms with E-state index >= 15 is 0 Å². The molecular weight excluding hydrogens is 275 g/mol. The van der Waals surface area contributed by atoms with Gasteiger partial charge in [0.25, 0.3) is 5.91 Å². The Kier molecular flexibility index (Phi) is 3.16. The van der Waals surface area contributed by atoms with Crippen LogP contribution in [0.1, 0.15) is 30.3 Å². The Morgan fingerprint density at radius 2 is 2.14 bits per heavy atom. The van der Waals surface area contributed by atoms with Gasteiger partial charge < -0.3 is 15.0 Å². The Morgan fingerprint density at radius 1 is 1.43 bits per heavy atom. The van der Waals surface area contributed by atoms with Gasteiger partial charge in [0.1, 0.15) is 17.6 Å². The first-order chi connectivity index (χ1) is 9.99. The number of hydrogen-bond donors (Lipinski definition) is 2. The van der Waals surface area contributed by atoms with Crippen molar-refractivity contribution in [3.63, 3.8) is 0 Å². The molecule has 2 aromatic rings. The molecule has 0 spiro atoms. The minimum atomic E-state index is -1.04. The van der Waals surface area contributed by atoms with E-state index in [1.807, 2.05) is 0 Å². The molecule has 0 saturated heterocycles. The van der Waals surface area contributed by atoms with E-state index in [9.17, 15) is 14.0 Å². The first-order valence-corrected chi connectivity index (χ1v) is 6.81.